The van der Waals surface area contributed by atoms with E-state index in [-0.39, 0.29) is 53.3 Å². The van der Waals surface area contributed by atoms with Crippen LogP contribution in [0, 0.1) is 6.92 Å². The average Bonchev–Trinajstić information content (AvgIpc) is 2.53. The summed E-state index contributed by atoms with van der Waals surface area (Å²) in [6, 6.07) is 0. The van der Waals surface area contributed by atoms with E-state index in [9.17, 15) is 0 Å². The van der Waals surface area contributed by atoms with Crippen LogP contribution in [0.2, 0.25) is 0 Å². The first kappa shape index (κ1) is 30.2. The van der Waals surface area contributed by atoms with E-state index in [1.165, 1.54) is 77.0 Å². The Morgan fingerprint density at radius 2 is 1.12 bits per heavy atom. The van der Waals surface area contributed by atoms with Crippen LogP contribution >= 0.6 is 0 Å². The Balaban J connectivity index is -0.00000220. The van der Waals surface area contributed by atoms with Gasteiger partial charge in [0.15, 0.2) is 6.29 Å². The van der Waals surface area contributed by atoms with Crippen molar-refractivity contribution in [2.24, 2.45) is 0 Å². The second-order valence-electron chi connectivity index (χ2n) is 6.35. The molecule has 0 aromatic rings. The van der Waals surface area contributed by atoms with Gasteiger partial charge in [-0.25, -0.2) is 0 Å². The zero-order valence-electron chi connectivity index (χ0n) is 16.5. The molecule has 0 aromatic carbocycles. The fourth-order valence-corrected chi connectivity index (χ4v) is 2.54. The molecular formula is C20H41IMgO2. The van der Waals surface area contributed by atoms with Crippen LogP contribution in [0.25, 0.3) is 0 Å². The Kier molecular flexibility index (Phi) is 33.5. The van der Waals surface area contributed by atoms with Crippen molar-refractivity contribution in [2.75, 3.05) is 13.2 Å². The van der Waals surface area contributed by atoms with Crippen molar-refractivity contribution in [1.29, 1.82) is 0 Å². The minimum absolute atomic E-state index is 0. The van der Waals surface area contributed by atoms with Gasteiger partial charge in [-0.3, -0.25) is 0 Å². The Hall–Kier alpha value is 1.42. The fourth-order valence-electron chi connectivity index (χ4n) is 2.54. The maximum Gasteiger partial charge on any atom is 2.00 e. The molecule has 0 fully saturated rings. The third-order valence-electron chi connectivity index (χ3n) is 4.04. The van der Waals surface area contributed by atoms with Gasteiger partial charge in [0.1, 0.15) is 0 Å². The molecule has 0 aliphatic rings. The van der Waals surface area contributed by atoms with Gasteiger partial charge in [-0.05, 0) is 19.3 Å². The second kappa shape index (κ2) is 26.6. The van der Waals surface area contributed by atoms with Crippen LogP contribution < -0.4 is 24.0 Å². The molecule has 0 unspecified atom stereocenters. The summed E-state index contributed by atoms with van der Waals surface area (Å²) in [6.45, 7) is 10.1. The van der Waals surface area contributed by atoms with Crippen molar-refractivity contribution in [1.82, 2.24) is 0 Å². The van der Waals surface area contributed by atoms with Crippen LogP contribution in [-0.2, 0) is 9.47 Å². The van der Waals surface area contributed by atoms with Gasteiger partial charge in [0.2, 0.25) is 0 Å². The molecule has 0 aliphatic carbocycles. The number of halogens is 1. The van der Waals surface area contributed by atoms with Crippen molar-refractivity contribution in [2.45, 2.75) is 110 Å². The molecule has 0 saturated carbocycles. The van der Waals surface area contributed by atoms with Crippen molar-refractivity contribution in [3.05, 3.63) is 6.92 Å². The molecule has 0 aromatic heterocycles. The van der Waals surface area contributed by atoms with E-state index in [0.717, 1.165) is 26.1 Å². The second-order valence-corrected chi connectivity index (χ2v) is 6.35. The largest absolute Gasteiger partial charge is 2.00 e. The predicted octanol–water partition coefficient (Wildman–Crippen LogP) is 3.30. The molecule has 0 amide bonds. The van der Waals surface area contributed by atoms with Gasteiger partial charge in [-0.1, -0.05) is 78.1 Å². The van der Waals surface area contributed by atoms with E-state index in [1.54, 1.807) is 0 Å². The molecule has 0 saturated heterocycles. The SMILES string of the molecule is [CH2-]CCCCC(OCCCCCCC)OCCCCCCC.[I-].[Mg+2]. The number of ether oxygens (including phenoxy) is 2. The van der Waals surface area contributed by atoms with Crippen molar-refractivity contribution in [3.63, 3.8) is 0 Å². The average molecular weight is 465 g/mol. The third kappa shape index (κ3) is 23.4. The van der Waals surface area contributed by atoms with Crippen LogP contribution in [0.3, 0.4) is 0 Å². The first-order valence-corrected chi connectivity index (χ1v) is 9.87. The molecule has 142 valence electrons. The smallest absolute Gasteiger partial charge is 1.00 e. The summed E-state index contributed by atoms with van der Waals surface area (Å²) in [6.07, 6.45) is 17.3. The van der Waals surface area contributed by atoms with E-state index in [2.05, 4.69) is 20.8 Å². The van der Waals surface area contributed by atoms with Crippen LogP contribution in [-0.4, -0.2) is 42.6 Å². The maximum atomic E-state index is 5.95. The van der Waals surface area contributed by atoms with E-state index in [0.29, 0.717) is 0 Å². The van der Waals surface area contributed by atoms with Crippen LogP contribution in [0.5, 0.6) is 0 Å². The molecule has 0 bridgehead atoms. The number of unbranched alkanes of at least 4 members (excludes halogenated alkanes) is 10. The monoisotopic (exact) mass is 464 g/mol. The molecule has 0 aliphatic heterocycles. The van der Waals surface area contributed by atoms with E-state index in [1.807, 2.05) is 0 Å². The van der Waals surface area contributed by atoms with Gasteiger partial charge in [-0.15, -0.1) is 0 Å². The standard InChI is InChI=1S/C20H41O2.HI.Mg/c1-4-7-10-12-15-18-21-20(17-14-9-6-3)22-19-16-13-11-8-5-2;;/h20H,3-19H2,1-2H3;1H;/q-1;;+2/p-1. The zero-order chi connectivity index (χ0) is 16.3. The number of hydrogen-bond acceptors (Lipinski definition) is 2. The molecule has 4 heteroatoms. The summed E-state index contributed by atoms with van der Waals surface area (Å²) in [5.41, 5.74) is 0. The minimum Gasteiger partial charge on any atom is -1.00 e. The predicted molar refractivity (Wildman–Crippen MR) is 103 cm³/mol. The number of hydrogen-bond donors (Lipinski definition) is 0. The molecule has 0 radical (unpaired) electrons. The Labute approximate surface area is 185 Å². The summed E-state index contributed by atoms with van der Waals surface area (Å²) in [5, 5.41) is 0. The van der Waals surface area contributed by atoms with Crippen LogP contribution in [0.4, 0.5) is 0 Å². The van der Waals surface area contributed by atoms with E-state index < -0.39 is 0 Å². The summed E-state index contributed by atoms with van der Waals surface area (Å²) in [4.78, 5) is 0. The van der Waals surface area contributed by atoms with E-state index >= 15 is 0 Å². The maximum absolute atomic E-state index is 5.95. The quantitative estimate of drug-likeness (QED) is 0.102. The Bertz CT molecular complexity index is 190. The van der Waals surface area contributed by atoms with Gasteiger partial charge < -0.3 is 40.4 Å². The molecule has 0 N–H and O–H groups in total. The molecular weight excluding hydrogens is 423 g/mol. The van der Waals surface area contributed by atoms with E-state index in [4.69, 9.17) is 9.47 Å². The van der Waals surface area contributed by atoms with Crippen molar-refractivity contribution in [3.8, 4) is 0 Å². The summed E-state index contributed by atoms with van der Waals surface area (Å²) >= 11 is 0. The van der Waals surface area contributed by atoms with Crippen LogP contribution in [0.1, 0.15) is 104 Å². The normalized spacial score (nSPS) is 10.5. The third-order valence-corrected chi connectivity index (χ3v) is 4.04. The molecule has 0 heterocycles. The first-order valence-electron chi connectivity index (χ1n) is 9.87. The topological polar surface area (TPSA) is 18.5 Å². The van der Waals surface area contributed by atoms with Crippen molar-refractivity contribution >= 4 is 23.1 Å². The Morgan fingerprint density at radius 1 is 0.667 bits per heavy atom. The summed E-state index contributed by atoms with van der Waals surface area (Å²) in [5.74, 6) is 0. The van der Waals surface area contributed by atoms with Crippen molar-refractivity contribution < 1.29 is 33.5 Å². The first-order chi connectivity index (χ1) is 10.8. The van der Waals surface area contributed by atoms with Gasteiger partial charge in [-0.2, -0.15) is 6.42 Å². The van der Waals surface area contributed by atoms with Gasteiger partial charge in [0.05, 0.1) is 0 Å². The van der Waals surface area contributed by atoms with Crippen LogP contribution in [0.15, 0.2) is 0 Å². The van der Waals surface area contributed by atoms with Gasteiger partial charge in [0, 0.05) is 13.2 Å². The minimum atomic E-state index is 0. The molecule has 24 heavy (non-hydrogen) atoms. The molecule has 0 spiro atoms. The molecule has 0 atom stereocenters. The molecule has 0 rings (SSSR count). The van der Waals surface area contributed by atoms with Gasteiger partial charge in [0.25, 0.3) is 0 Å². The summed E-state index contributed by atoms with van der Waals surface area (Å²) in [7, 11) is 0. The fraction of sp³-hybridized carbons (Fsp3) is 0.950. The molecule has 2 nitrogen and oxygen atoms in total. The number of rotatable bonds is 18. The summed E-state index contributed by atoms with van der Waals surface area (Å²) < 4.78 is 11.9. The Morgan fingerprint density at radius 3 is 1.54 bits per heavy atom. The van der Waals surface area contributed by atoms with Gasteiger partial charge >= 0.3 is 23.1 Å². The zero-order valence-corrected chi connectivity index (χ0v) is 20.1.